The third kappa shape index (κ3) is 2.03. The Labute approximate surface area is 87.3 Å². The number of carbonyl (C=O) groups is 1. The van der Waals surface area contributed by atoms with Gasteiger partial charge in [-0.3, -0.25) is 0 Å². The second-order valence-corrected chi connectivity index (χ2v) is 3.95. The molecule has 0 atom stereocenters. The Morgan fingerprint density at radius 2 is 2.23 bits per heavy atom. The predicted octanol–water partition coefficient (Wildman–Crippen LogP) is 3.01. The molecule has 2 nitrogen and oxygen atoms in total. The third-order valence-electron chi connectivity index (χ3n) is 1.49. The molecule has 0 unspecified atom stereocenters. The van der Waals surface area contributed by atoms with Crippen molar-refractivity contribution in [1.82, 2.24) is 0 Å². The number of carboxylic acids is 1. The summed E-state index contributed by atoms with van der Waals surface area (Å²) in [5.74, 6) is -1.97. The van der Waals surface area contributed by atoms with Crippen LogP contribution in [0.1, 0.15) is 10.4 Å². The highest BCUT2D eigenvalue weighted by atomic mass is 79.9. The summed E-state index contributed by atoms with van der Waals surface area (Å²) < 4.78 is 13.4. The minimum atomic E-state index is -1.25. The van der Waals surface area contributed by atoms with Gasteiger partial charge in [0, 0.05) is 4.90 Å². The van der Waals surface area contributed by atoms with E-state index in [0.29, 0.717) is 4.90 Å². The molecule has 0 spiro atoms. The second-order valence-electron chi connectivity index (χ2n) is 2.24. The molecular formula is C8H6BrFO2S. The van der Waals surface area contributed by atoms with E-state index in [9.17, 15) is 9.18 Å². The van der Waals surface area contributed by atoms with Crippen LogP contribution >= 0.6 is 27.7 Å². The summed E-state index contributed by atoms with van der Waals surface area (Å²) >= 11 is 4.14. The highest BCUT2D eigenvalue weighted by Crippen LogP contribution is 2.27. The minimum absolute atomic E-state index is 0.169. The van der Waals surface area contributed by atoms with Crippen LogP contribution < -0.4 is 0 Å². The third-order valence-corrected chi connectivity index (χ3v) is 2.88. The first kappa shape index (κ1) is 10.5. The molecule has 13 heavy (non-hydrogen) atoms. The highest BCUT2D eigenvalue weighted by molar-refractivity contribution is 9.10. The van der Waals surface area contributed by atoms with Crippen LogP contribution in [0.25, 0.3) is 0 Å². The van der Waals surface area contributed by atoms with Crippen LogP contribution in [0.5, 0.6) is 0 Å². The van der Waals surface area contributed by atoms with Crippen molar-refractivity contribution in [3.63, 3.8) is 0 Å². The topological polar surface area (TPSA) is 37.3 Å². The Kier molecular flexibility index (Phi) is 3.33. The Morgan fingerprint density at radius 1 is 1.62 bits per heavy atom. The molecule has 0 aliphatic carbocycles. The quantitative estimate of drug-likeness (QED) is 0.835. The molecule has 5 heteroatoms. The number of halogens is 2. The summed E-state index contributed by atoms with van der Waals surface area (Å²) in [5.41, 5.74) is -0.276. The molecule has 0 aliphatic rings. The standard InChI is InChI=1S/C8H6BrFO2S/c1-13-5-3-2-4(9)7(10)6(5)8(11)12/h2-3H,1H3,(H,11,12). The zero-order chi connectivity index (χ0) is 10.0. The first-order chi connectivity index (χ1) is 6.07. The van der Waals surface area contributed by atoms with E-state index in [4.69, 9.17) is 5.11 Å². The van der Waals surface area contributed by atoms with Crippen molar-refractivity contribution in [3.05, 3.63) is 28.0 Å². The lowest BCUT2D eigenvalue weighted by atomic mass is 10.2. The molecule has 1 N–H and O–H groups in total. The van der Waals surface area contributed by atoms with E-state index in [0.717, 1.165) is 0 Å². The van der Waals surface area contributed by atoms with Crippen molar-refractivity contribution in [1.29, 1.82) is 0 Å². The molecule has 0 radical (unpaired) electrons. The van der Waals surface area contributed by atoms with E-state index in [1.165, 1.54) is 17.8 Å². The molecule has 0 aliphatic heterocycles. The summed E-state index contributed by atoms with van der Waals surface area (Å²) in [7, 11) is 0. The van der Waals surface area contributed by atoms with E-state index in [1.807, 2.05) is 0 Å². The monoisotopic (exact) mass is 264 g/mol. The summed E-state index contributed by atoms with van der Waals surface area (Å²) in [5, 5.41) is 8.73. The fourth-order valence-electron chi connectivity index (χ4n) is 0.902. The molecule has 0 amide bonds. The number of hydrogen-bond donors (Lipinski definition) is 1. The van der Waals surface area contributed by atoms with Gasteiger partial charge in [0.25, 0.3) is 0 Å². The summed E-state index contributed by atoms with van der Waals surface area (Å²) in [4.78, 5) is 11.1. The van der Waals surface area contributed by atoms with Gasteiger partial charge in [-0.15, -0.1) is 11.8 Å². The molecule has 0 saturated carbocycles. The van der Waals surface area contributed by atoms with Crippen LogP contribution in [0, 0.1) is 5.82 Å². The van der Waals surface area contributed by atoms with Gasteiger partial charge in [-0.2, -0.15) is 0 Å². The maximum absolute atomic E-state index is 13.3. The van der Waals surface area contributed by atoms with E-state index in [-0.39, 0.29) is 10.0 Å². The lowest BCUT2D eigenvalue weighted by molar-refractivity contribution is 0.0687. The van der Waals surface area contributed by atoms with Crippen LogP contribution in [0.3, 0.4) is 0 Å². The fraction of sp³-hybridized carbons (Fsp3) is 0.125. The van der Waals surface area contributed by atoms with Gasteiger partial charge < -0.3 is 5.11 Å². The van der Waals surface area contributed by atoms with Gasteiger partial charge in [-0.1, -0.05) is 0 Å². The molecule has 70 valence electrons. The molecule has 0 aromatic heterocycles. The van der Waals surface area contributed by atoms with E-state index < -0.39 is 11.8 Å². The molecule has 0 heterocycles. The van der Waals surface area contributed by atoms with Gasteiger partial charge in [-0.05, 0) is 34.3 Å². The van der Waals surface area contributed by atoms with Crippen molar-refractivity contribution < 1.29 is 14.3 Å². The summed E-state index contributed by atoms with van der Waals surface area (Å²) in [6.45, 7) is 0. The number of rotatable bonds is 2. The van der Waals surface area contributed by atoms with Crippen molar-refractivity contribution in [2.75, 3.05) is 6.26 Å². The Hall–Kier alpha value is -0.550. The van der Waals surface area contributed by atoms with Crippen molar-refractivity contribution >= 4 is 33.7 Å². The minimum Gasteiger partial charge on any atom is -0.478 e. The fourth-order valence-corrected chi connectivity index (χ4v) is 1.82. The molecule has 0 fully saturated rings. The normalized spacial score (nSPS) is 10.1. The lowest BCUT2D eigenvalue weighted by Gasteiger charge is -2.04. The molecule has 1 aromatic carbocycles. The zero-order valence-corrected chi connectivity index (χ0v) is 9.08. The first-order valence-electron chi connectivity index (χ1n) is 3.33. The van der Waals surface area contributed by atoms with Crippen LogP contribution in [-0.4, -0.2) is 17.3 Å². The Balaban J connectivity index is 3.41. The maximum atomic E-state index is 13.3. The van der Waals surface area contributed by atoms with Crippen molar-refractivity contribution in [3.8, 4) is 0 Å². The van der Waals surface area contributed by atoms with Crippen LogP contribution in [0.2, 0.25) is 0 Å². The molecule has 1 aromatic rings. The maximum Gasteiger partial charge on any atom is 0.339 e. The smallest absolute Gasteiger partial charge is 0.339 e. The summed E-state index contributed by atoms with van der Waals surface area (Å²) in [6.07, 6.45) is 1.70. The SMILES string of the molecule is CSc1ccc(Br)c(F)c1C(=O)O. The molecular weight excluding hydrogens is 259 g/mol. The molecule has 1 rings (SSSR count). The number of benzene rings is 1. The van der Waals surface area contributed by atoms with Crippen molar-refractivity contribution in [2.24, 2.45) is 0 Å². The van der Waals surface area contributed by atoms with Gasteiger partial charge in [-0.25, -0.2) is 9.18 Å². The number of aromatic carboxylic acids is 1. The first-order valence-corrected chi connectivity index (χ1v) is 5.35. The molecule has 0 saturated heterocycles. The van der Waals surface area contributed by atoms with Gasteiger partial charge in [0.05, 0.1) is 4.47 Å². The average Bonchev–Trinajstić information content (AvgIpc) is 2.08. The van der Waals surface area contributed by atoms with E-state index in [2.05, 4.69) is 15.9 Å². The number of hydrogen-bond acceptors (Lipinski definition) is 2. The lowest BCUT2D eigenvalue weighted by Crippen LogP contribution is -2.03. The van der Waals surface area contributed by atoms with Crippen LogP contribution in [-0.2, 0) is 0 Å². The average molecular weight is 265 g/mol. The van der Waals surface area contributed by atoms with Crippen LogP contribution in [0.4, 0.5) is 4.39 Å². The Bertz CT molecular complexity index is 354. The van der Waals surface area contributed by atoms with Gasteiger partial charge in [0.1, 0.15) is 5.56 Å². The zero-order valence-electron chi connectivity index (χ0n) is 6.67. The largest absolute Gasteiger partial charge is 0.478 e. The molecule has 0 bridgehead atoms. The van der Waals surface area contributed by atoms with Crippen LogP contribution in [0.15, 0.2) is 21.5 Å². The van der Waals surface area contributed by atoms with E-state index in [1.54, 1.807) is 12.3 Å². The van der Waals surface area contributed by atoms with Gasteiger partial charge in [0.15, 0.2) is 5.82 Å². The highest BCUT2D eigenvalue weighted by Gasteiger charge is 2.17. The number of carboxylic acid groups (broad SMARTS) is 1. The van der Waals surface area contributed by atoms with E-state index >= 15 is 0 Å². The second kappa shape index (κ2) is 4.11. The number of thioether (sulfide) groups is 1. The predicted molar refractivity (Wildman–Crippen MR) is 52.8 cm³/mol. The van der Waals surface area contributed by atoms with Gasteiger partial charge >= 0.3 is 5.97 Å². The van der Waals surface area contributed by atoms with Crippen molar-refractivity contribution in [2.45, 2.75) is 4.90 Å². The Morgan fingerprint density at radius 3 is 2.69 bits per heavy atom. The summed E-state index contributed by atoms with van der Waals surface area (Å²) in [6, 6.07) is 3.06. The van der Waals surface area contributed by atoms with Gasteiger partial charge in [0.2, 0.25) is 0 Å².